The van der Waals surface area contributed by atoms with E-state index in [1.54, 1.807) is 48.5 Å². The summed E-state index contributed by atoms with van der Waals surface area (Å²) in [5.41, 5.74) is 2.95. The second kappa shape index (κ2) is 8.66. The lowest BCUT2D eigenvalue weighted by Gasteiger charge is -2.16. The van der Waals surface area contributed by atoms with E-state index in [-0.39, 0.29) is 34.9 Å². The predicted octanol–water partition coefficient (Wildman–Crippen LogP) is 4.70. The average Bonchev–Trinajstić information content (AvgIpc) is 2.75. The maximum Gasteiger partial charge on any atom is 0.234 e. The van der Waals surface area contributed by atoms with Gasteiger partial charge < -0.3 is 5.11 Å². The number of hydrogen-bond donors (Lipinski definition) is 1. The number of aliphatic hydroxyl groups excluding tert-OH is 1. The van der Waals surface area contributed by atoms with Crippen molar-refractivity contribution in [3.63, 3.8) is 0 Å². The van der Waals surface area contributed by atoms with Crippen molar-refractivity contribution in [2.45, 2.75) is 20.3 Å². The van der Waals surface area contributed by atoms with E-state index in [0.29, 0.717) is 16.7 Å². The molecule has 0 aromatic heterocycles. The molecule has 0 fully saturated rings. The van der Waals surface area contributed by atoms with E-state index in [1.165, 1.54) is 12.2 Å². The summed E-state index contributed by atoms with van der Waals surface area (Å²) < 4.78 is 0. The third-order valence-electron chi connectivity index (χ3n) is 4.75. The normalized spacial score (nSPS) is 14.6. The lowest BCUT2D eigenvalue weighted by atomic mass is 9.87. The van der Waals surface area contributed by atoms with E-state index in [0.717, 1.165) is 5.57 Å². The van der Waals surface area contributed by atoms with Gasteiger partial charge in [0.05, 0.1) is 0 Å². The van der Waals surface area contributed by atoms with Crippen LogP contribution in [0.25, 0.3) is 5.76 Å². The molecule has 1 N–H and O–H groups in total. The molecule has 0 bridgehead atoms. The Kier molecular flexibility index (Phi) is 6.02. The van der Waals surface area contributed by atoms with Crippen molar-refractivity contribution < 1.29 is 24.3 Å². The number of allylic oxidation sites excluding steroid dienone is 5. The molecule has 4 rings (SSSR count). The summed E-state index contributed by atoms with van der Waals surface area (Å²) in [6.45, 7) is 3.81. The van der Waals surface area contributed by atoms with E-state index in [4.69, 9.17) is 0 Å². The summed E-state index contributed by atoms with van der Waals surface area (Å²) in [6, 6.07) is 13.5. The highest BCUT2D eigenvalue weighted by Crippen LogP contribution is 2.29. The van der Waals surface area contributed by atoms with Crippen LogP contribution in [0.2, 0.25) is 0 Å². The average molecular weight is 400 g/mol. The molecule has 5 heteroatoms. The smallest absolute Gasteiger partial charge is 0.234 e. The number of Topliss-reactive ketones (excluding diaryl/α,β-unsaturated/α-hetero) is 2. The van der Waals surface area contributed by atoms with Gasteiger partial charge in [-0.1, -0.05) is 60.2 Å². The molecule has 0 aliphatic heterocycles. The van der Waals surface area contributed by atoms with Crippen LogP contribution in [0.5, 0.6) is 0 Å². The minimum Gasteiger partial charge on any atom is -0.507 e. The van der Waals surface area contributed by atoms with Crippen molar-refractivity contribution in [3.8, 4) is 0 Å². The molecule has 0 radical (unpaired) electrons. The lowest BCUT2D eigenvalue weighted by molar-refractivity contribution is -0.112. The van der Waals surface area contributed by atoms with Gasteiger partial charge in [0.2, 0.25) is 11.6 Å². The van der Waals surface area contributed by atoms with Crippen molar-refractivity contribution in [2.75, 3.05) is 0 Å². The van der Waals surface area contributed by atoms with Gasteiger partial charge >= 0.3 is 0 Å². The highest BCUT2D eigenvalue weighted by atomic mass is 16.3. The van der Waals surface area contributed by atoms with E-state index in [1.807, 2.05) is 19.9 Å². The highest BCUT2D eigenvalue weighted by Gasteiger charge is 2.31. The summed E-state index contributed by atoms with van der Waals surface area (Å²) >= 11 is 0. The first-order valence-electron chi connectivity index (χ1n) is 9.41. The van der Waals surface area contributed by atoms with Crippen LogP contribution < -0.4 is 0 Å². The molecule has 0 atom stereocenters. The van der Waals surface area contributed by atoms with Gasteiger partial charge in [0.1, 0.15) is 5.76 Å². The predicted molar refractivity (Wildman–Crippen MR) is 114 cm³/mol. The van der Waals surface area contributed by atoms with Crippen LogP contribution >= 0.6 is 0 Å². The molecular formula is C25H20O5. The molecule has 0 spiro atoms. The molecule has 0 saturated heterocycles. The fourth-order valence-electron chi connectivity index (χ4n) is 3.16. The summed E-state index contributed by atoms with van der Waals surface area (Å²) in [4.78, 5) is 46.2. The maximum atomic E-state index is 11.9. The van der Waals surface area contributed by atoms with Gasteiger partial charge in [-0.3, -0.25) is 19.2 Å². The molecule has 0 amide bonds. The monoisotopic (exact) mass is 400 g/mol. The zero-order valence-corrected chi connectivity index (χ0v) is 16.6. The van der Waals surface area contributed by atoms with Crippen molar-refractivity contribution in [2.24, 2.45) is 0 Å². The quantitative estimate of drug-likeness (QED) is 0.583. The number of benzene rings is 2. The van der Waals surface area contributed by atoms with Gasteiger partial charge in [-0.15, -0.1) is 0 Å². The van der Waals surface area contributed by atoms with Crippen molar-refractivity contribution in [1.82, 2.24) is 0 Å². The SMILES string of the molecule is CC(C)=CCC1=C(O)c2ccccc2C(=O)C1=O.O=C1C=CC(=O)c2ccccc21. The van der Waals surface area contributed by atoms with Gasteiger partial charge in [-0.25, -0.2) is 0 Å². The van der Waals surface area contributed by atoms with Crippen LogP contribution in [0, 0.1) is 0 Å². The summed E-state index contributed by atoms with van der Waals surface area (Å²) in [6.07, 6.45) is 4.73. The Labute approximate surface area is 174 Å². The third-order valence-corrected chi connectivity index (χ3v) is 4.75. The fourth-order valence-corrected chi connectivity index (χ4v) is 3.16. The van der Waals surface area contributed by atoms with Gasteiger partial charge in [0.15, 0.2) is 11.6 Å². The van der Waals surface area contributed by atoms with E-state index in [9.17, 15) is 24.3 Å². The van der Waals surface area contributed by atoms with Crippen LogP contribution in [0.1, 0.15) is 56.9 Å². The molecule has 2 aromatic carbocycles. The van der Waals surface area contributed by atoms with Crippen molar-refractivity contribution in [3.05, 3.63) is 100 Å². The Hall–Kier alpha value is -3.86. The molecule has 0 unspecified atom stereocenters. The minimum absolute atomic E-state index is 0.0762. The number of hydrogen-bond acceptors (Lipinski definition) is 5. The van der Waals surface area contributed by atoms with Crippen LogP contribution in [-0.2, 0) is 4.79 Å². The zero-order valence-electron chi connectivity index (χ0n) is 16.6. The minimum atomic E-state index is -0.608. The molecule has 0 saturated carbocycles. The summed E-state index contributed by atoms with van der Waals surface area (Å²) in [5.74, 6) is -1.41. The number of aliphatic hydroxyl groups is 1. The number of carbonyl (C=O) groups excluding carboxylic acids is 4. The van der Waals surface area contributed by atoms with E-state index >= 15 is 0 Å². The second-order valence-electron chi connectivity index (χ2n) is 7.12. The number of fused-ring (bicyclic) bond motifs is 2. The van der Waals surface area contributed by atoms with Crippen LogP contribution in [0.15, 0.2) is 77.9 Å². The van der Waals surface area contributed by atoms with E-state index in [2.05, 4.69) is 0 Å². The van der Waals surface area contributed by atoms with Gasteiger partial charge in [0, 0.05) is 27.8 Å². The first-order valence-corrected chi connectivity index (χ1v) is 9.41. The number of carbonyl (C=O) groups is 4. The molecule has 150 valence electrons. The second-order valence-corrected chi connectivity index (χ2v) is 7.12. The van der Waals surface area contributed by atoms with Crippen LogP contribution in [-0.4, -0.2) is 28.2 Å². The van der Waals surface area contributed by atoms with Crippen molar-refractivity contribution in [1.29, 1.82) is 0 Å². The largest absolute Gasteiger partial charge is 0.507 e. The number of rotatable bonds is 2. The summed E-state index contributed by atoms with van der Waals surface area (Å²) in [5, 5.41) is 10.1. The molecule has 0 heterocycles. The standard InChI is InChI=1S/C15H14O3.C10H6O2/c1-9(2)7-8-12-13(16)10-5-3-4-6-11(10)14(17)15(12)18;11-9-5-6-10(12)8-4-2-1-3-7(8)9/h3-7,16H,8H2,1-2H3;1-6H. The molecule has 5 nitrogen and oxygen atoms in total. The topological polar surface area (TPSA) is 88.5 Å². The third kappa shape index (κ3) is 4.10. The Bertz CT molecular complexity index is 1120. The van der Waals surface area contributed by atoms with Crippen LogP contribution in [0.3, 0.4) is 0 Å². The van der Waals surface area contributed by atoms with E-state index < -0.39 is 11.6 Å². The molecule has 2 aromatic rings. The van der Waals surface area contributed by atoms with Crippen molar-refractivity contribution >= 4 is 28.9 Å². The zero-order chi connectivity index (χ0) is 21.8. The summed E-state index contributed by atoms with van der Waals surface area (Å²) in [7, 11) is 0. The molecule has 30 heavy (non-hydrogen) atoms. The van der Waals surface area contributed by atoms with Gasteiger partial charge in [0.25, 0.3) is 0 Å². The van der Waals surface area contributed by atoms with Gasteiger partial charge in [-0.05, 0) is 32.4 Å². The number of ketones is 4. The lowest BCUT2D eigenvalue weighted by Crippen LogP contribution is -2.23. The fraction of sp³-hybridized carbons (Fsp3) is 0.120. The highest BCUT2D eigenvalue weighted by molar-refractivity contribution is 6.52. The first kappa shape index (κ1) is 20.9. The Morgan fingerprint density at radius 1 is 0.733 bits per heavy atom. The maximum absolute atomic E-state index is 11.9. The Morgan fingerprint density at radius 3 is 1.70 bits per heavy atom. The van der Waals surface area contributed by atoms with Gasteiger partial charge in [-0.2, -0.15) is 0 Å². The van der Waals surface area contributed by atoms with Crippen LogP contribution in [0.4, 0.5) is 0 Å². The molecule has 2 aliphatic carbocycles. The Morgan fingerprint density at radius 2 is 1.20 bits per heavy atom. The Balaban J connectivity index is 0.000000184. The molecule has 2 aliphatic rings. The first-order chi connectivity index (χ1) is 14.3. The molecular weight excluding hydrogens is 380 g/mol.